The van der Waals surface area contributed by atoms with Crippen LogP contribution in [0.25, 0.3) is 0 Å². The van der Waals surface area contributed by atoms with Crippen LogP contribution in [0, 0.1) is 0 Å². The van der Waals surface area contributed by atoms with Gasteiger partial charge in [-0.1, -0.05) is 53.5 Å². The standard InChI is InChI=1S/C24H25Cl2NO4/c1-4-7-20-23(28)27(15(3)24(29)30-5-2)21(16-10-12-18(25)13-11-16)22(31-20)17-8-6-9-19(26)14-17/h4,6,8-15,20-22H,1,5,7H2,2-3H3/t15-,20-,21+,22-/m1/s1. The highest BCUT2D eigenvalue weighted by Crippen LogP contribution is 2.44. The third-order valence-corrected chi connectivity index (χ3v) is 5.73. The number of hydrogen-bond donors (Lipinski definition) is 0. The van der Waals surface area contributed by atoms with Crippen molar-refractivity contribution in [3.05, 3.63) is 82.4 Å². The molecular weight excluding hydrogens is 437 g/mol. The van der Waals surface area contributed by atoms with Gasteiger partial charge in [0.2, 0.25) is 0 Å². The summed E-state index contributed by atoms with van der Waals surface area (Å²) in [6, 6.07) is 13.1. The van der Waals surface area contributed by atoms with Crippen LogP contribution < -0.4 is 0 Å². The van der Waals surface area contributed by atoms with Gasteiger partial charge in [-0.2, -0.15) is 0 Å². The van der Waals surface area contributed by atoms with Crippen LogP contribution >= 0.6 is 23.2 Å². The van der Waals surface area contributed by atoms with E-state index in [0.29, 0.717) is 16.5 Å². The Kier molecular flexibility index (Phi) is 7.76. The number of nitrogens with zero attached hydrogens (tertiary/aromatic N) is 1. The Bertz CT molecular complexity index is 947. The average Bonchev–Trinajstić information content (AvgIpc) is 2.75. The minimum atomic E-state index is -0.814. The lowest BCUT2D eigenvalue weighted by atomic mass is 9.90. The fourth-order valence-corrected chi connectivity index (χ4v) is 4.14. The van der Waals surface area contributed by atoms with Gasteiger partial charge in [0.05, 0.1) is 12.6 Å². The van der Waals surface area contributed by atoms with Crippen molar-refractivity contribution in [2.75, 3.05) is 6.61 Å². The van der Waals surface area contributed by atoms with Gasteiger partial charge in [0.1, 0.15) is 18.2 Å². The molecule has 164 valence electrons. The van der Waals surface area contributed by atoms with Crippen LogP contribution in [0.4, 0.5) is 0 Å². The molecule has 1 heterocycles. The van der Waals surface area contributed by atoms with Crippen LogP contribution in [0.15, 0.2) is 61.2 Å². The number of ether oxygens (including phenoxy) is 2. The Morgan fingerprint density at radius 2 is 1.90 bits per heavy atom. The van der Waals surface area contributed by atoms with Crippen molar-refractivity contribution < 1.29 is 19.1 Å². The SMILES string of the molecule is C=CC[C@H]1O[C@H](c2cccc(Cl)c2)[C@H](c2ccc(Cl)cc2)N([C@H](C)C(=O)OCC)C1=O. The smallest absolute Gasteiger partial charge is 0.328 e. The lowest BCUT2D eigenvalue weighted by Crippen LogP contribution is -2.56. The van der Waals surface area contributed by atoms with Gasteiger partial charge in [0, 0.05) is 16.5 Å². The van der Waals surface area contributed by atoms with E-state index in [4.69, 9.17) is 32.7 Å². The van der Waals surface area contributed by atoms with Crippen LogP contribution in [0.3, 0.4) is 0 Å². The van der Waals surface area contributed by atoms with Gasteiger partial charge in [-0.05, 0) is 49.2 Å². The van der Waals surface area contributed by atoms with E-state index in [2.05, 4.69) is 6.58 Å². The summed E-state index contributed by atoms with van der Waals surface area (Å²) in [5, 5.41) is 1.12. The molecule has 3 rings (SSSR count). The Labute approximate surface area is 192 Å². The van der Waals surface area contributed by atoms with E-state index in [9.17, 15) is 9.59 Å². The average molecular weight is 462 g/mol. The second-order valence-electron chi connectivity index (χ2n) is 7.29. The molecule has 0 radical (unpaired) electrons. The number of halogens is 2. The maximum Gasteiger partial charge on any atom is 0.328 e. The molecule has 1 aliphatic rings. The van der Waals surface area contributed by atoms with Crippen molar-refractivity contribution in [3.63, 3.8) is 0 Å². The summed E-state index contributed by atoms with van der Waals surface area (Å²) in [7, 11) is 0. The lowest BCUT2D eigenvalue weighted by molar-refractivity contribution is -0.184. The topological polar surface area (TPSA) is 55.8 Å². The molecule has 0 aromatic heterocycles. The first-order chi connectivity index (χ1) is 14.9. The molecule has 0 aliphatic carbocycles. The number of carbonyl (C=O) groups is 2. The van der Waals surface area contributed by atoms with Crippen molar-refractivity contribution in [2.45, 2.75) is 44.6 Å². The van der Waals surface area contributed by atoms with Gasteiger partial charge >= 0.3 is 5.97 Å². The first-order valence-corrected chi connectivity index (χ1v) is 10.9. The van der Waals surface area contributed by atoms with E-state index in [1.54, 1.807) is 43.0 Å². The highest BCUT2D eigenvalue weighted by molar-refractivity contribution is 6.30. The van der Waals surface area contributed by atoms with Crippen molar-refractivity contribution in [3.8, 4) is 0 Å². The summed E-state index contributed by atoms with van der Waals surface area (Å²) in [5.41, 5.74) is 1.59. The first kappa shape index (κ1) is 23.3. The molecule has 1 fully saturated rings. The molecule has 1 aliphatic heterocycles. The summed E-state index contributed by atoms with van der Waals surface area (Å²) in [5.74, 6) is -0.766. The summed E-state index contributed by atoms with van der Waals surface area (Å²) in [6.07, 6.45) is 0.615. The molecule has 0 bridgehead atoms. The number of carbonyl (C=O) groups excluding carboxylic acids is 2. The molecule has 0 saturated carbocycles. The Morgan fingerprint density at radius 1 is 1.19 bits per heavy atom. The molecular formula is C24H25Cl2NO4. The lowest BCUT2D eigenvalue weighted by Gasteiger charge is -2.46. The quantitative estimate of drug-likeness (QED) is 0.401. The van der Waals surface area contributed by atoms with Crippen LogP contribution in [-0.2, 0) is 19.1 Å². The van der Waals surface area contributed by atoms with E-state index >= 15 is 0 Å². The van der Waals surface area contributed by atoms with Crippen molar-refractivity contribution in [2.24, 2.45) is 0 Å². The fourth-order valence-electron chi connectivity index (χ4n) is 3.81. The number of morpholine rings is 1. The number of hydrogen-bond acceptors (Lipinski definition) is 4. The highest BCUT2D eigenvalue weighted by Gasteiger charge is 2.47. The van der Waals surface area contributed by atoms with Crippen molar-refractivity contribution in [1.29, 1.82) is 0 Å². The van der Waals surface area contributed by atoms with E-state index < -0.39 is 30.3 Å². The molecule has 0 spiro atoms. The predicted octanol–water partition coefficient (Wildman–Crippen LogP) is 5.53. The molecule has 7 heteroatoms. The monoisotopic (exact) mass is 461 g/mol. The van der Waals surface area contributed by atoms with Gasteiger partial charge in [-0.15, -0.1) is 6.58 Å². The molecule has 2 aromatic carbocycles. The maximum absolute atomic E-state index is 13.5. The highest BCUT2D eigenvalue weighted by atomic mass is 35.5. The molecule has 4 atom stereocenters. The second-order valence-corrected chi connectivity index (χ2v) is 8.17. The first-order valence-electron chi connectivity index (χ1n) is 10.1. The summed E-state index contributed by atoms with van der Waals surface area (Å²) in [4.78, 5) is 27.7. The van der Waals surface area contributed by atoms with E-state index in [0.717, 1.165) is 11.1 Å². The Hall–Kier alpha value is -2.34. The normalized spacial score (nSPS) is 22.1. The minimum absolute atomic E-state index is 0.223. The number of benzene rings is 2. The zero-order valence-corrected chi connectivity index (χ0v) is 19.0. The molecule has 1 saturated heterocycles. The number of rotatable bonds is 7. The molecule has 5 nitrogen and oxygen atoms in total. The number of amides is 1. The maximum atomic E-state index is 13.5. The molecule has 2 aromatic rings. The van der Waals surface area contributed by atoms with Gasteiger partial charge in [0.15, 0.2) is 0 Å². The summed E-state index contributed by atoms with van der Waals surface area (Å²) in [6.45, 7) is 7.37. The van der Waals surface area contributed by atoms with Crippen LogP contribution in [0.2, 0.25) is 10.0 Å². The van der Waals surface area contributed by atoms with Crippen LogP contribution in [0.1, 0.15) is 43.5 Å². The van der Waals surface area contributed by atoms with Crippen LogP contribution in [-0.4, -0.2) is 35.5 Å². The van der Waals surface area contributed by atoms with Gasteiger partial charge in [-0.3, -0.25) is 4.79 Å². The zero-order chi connectivity index (χ0) is 22.5. The summed E-state index contributed by atoms with van der Waals surface area (Å²) >= 11 is 12.3. The predicted molar refractivity (Wildman–Crippen MR) is 121 cm³/mol. The molecule has 0 N–H and O–H groups in total. The van der Waals surface area contributed by atoms with Gasteiger partial charge in [0.25, 0.3) is 5.91 Å². The van der Waals surface area contributed by atoms with E-state index in [-0.39, 0.29) is 12.5 Å². The van der Waals surface area contributed by atoms with Gasteiger partial charge < -0.3 is 14.4 Å². The van der Waals surface area contributed by atoms with Crippen molar-refractivity contribution >= 4 is 35.1 Å². The third kappa shape index (κ3) is 5.12. The largest absolute Gasteiger partial charge is 0.464 e. The molecule has 1 amide bonds. The van der Waals surface area contributed by atoms with Gasteiger partial charge in [-0.25, -0.2) is 4.79 Å². The Balaban J connectivity index is 2.15. The zero-order valence-electron chi connectivity index (χ0n) is 17.5. The van der Waals surface area contributed by atoms with E-state index in [1.807, 2.05) is 30.3 Å². The minimum Gasteiger partial charge on any atom is -0.464 e. The van der Waals surface area contributed by atoms with Crippen LogP contribution in [0.5, 0.6) is 0 Å². The molecule has 31 heavy (non-hydrogen) atoms. The third-order valence-electron chi connectivity index (χ3n) is 5.24. The fraction of sp³-hybridized carbons (Fsp3) is 0.333. The van der Waals surface area contributed by atoms with Crippen molar-refractivity contribution in [1.82, 2.24) is 4.90 Å². The van der Waals surface area contributed by atoms with E-state index in [1.165, 1.54) is 0 Å². The Morgan fingerprint density at radius 3 is 2.52 bits per heavy atom. The summed E-state index contributed by atoms with van der Waals surface area (Å²) < 4.78 is 11.5. The number of esters is 1. The second kappa shape index (κ2) is 10.3. The molecule has 0 unspecified atom stereocenters.